The number of ether oxygens (including phenoxy) is 1. The van der Waals surface area contributed by atoms with E-state index in [-0.39, 0.29) is 16.3 Å². The summed E-state index contributed by atoms with van der Waals surface area (Å²) in [5.41, 5.74) is 1.37. The van der Waals surface area contributed by atoms with Gasteiger partial charge in [-0.2, -0.15) is 9.40 Å². The van der Waals surface area contributed by atoms with Crippen molar-refractivity contribution in [2.24, 2.45) is 0 Å². The van der Waals surface area contributed by atoms with E-state index in [9.17, 15) is 13.2 Å². The maximum Gasteiger partial charge on any atom is 0.276 e. The quantitative estimate of drug-likeness (QED) is 0.626. The van der Waals surface area contributed by atoms with Crippen molar-refractivity contribution in [3.8, 4) is 5.75 Å². The minimum Gasteiger partial charge on any atom is -0.492 e. The molecule has 8 nitrogen and oxygen atoms in total. The summed E-state index contributed by atoms with van der Waals surface area (Å²) in [6.07, 6.45) is 2.70. The van der Waals surface area contributed by atoms with Gasteiger partial charge < -0.3 is 10.1 Å². The van der Waals surface area contributed by atoms with Crippen molar-refractivity contribution >= 4 is 32.5 Å². The Morgan fingerprint density at radius 2 is 1.93 bits per heavy atom. The van der Waals surface area contributed by atoms with E-state index in [0.29, 0.717) is 30.8 Å². The lowest BCUT2D eigenvalue weighted by Gasteiger charge is -2.27. The first kappa shape index (κ1) is 20.4. The number of para-hydroxylation sites is 1. The maximum absolute atomic E-state index is 13.2. The molecule has 1 aliphatic rings. The van der Waals surface area contributed by atoms with Gasteiger partial charge in [0.25, 0.3) is 5.91 Å². The Labute approximate surface area is 175 Å². The molecule has 0 saturated carbocycles. The number of nitrogens with zero attached hydrogens (tertiary/aromatic N) is 2. The van der Waals surface area contributed by atoms with Crippen molar-refractivity contribution in [1.29, 1.82) is 0 Å². The van der Waals surface area contributed by atoms with E-state index in [1.807, 2.05) is 18.2 Å². The van der Waals surface area contributed by atoms with E-state index in [0.717, 1.165) is 24.8 Å². The first-order valence-corrected chi connectivity index (χ1v) is 11.5. The molecule has 30 heavy (non-hydrogen) atoms. The molecule has 0 spiro atoms. The molecule has 158 valence electrons. The van der Waals surface area contributed by atoms with Gasteiger partial charge in [0.15, 0.2) is 5.69 Å². The molecule has 1 amide bonds. The van der Waals surface area contributed by atoms with Crippen molar-refractivity contribution in [3.63, 3.8) is 0 Å². The van der Waals surface area contributed by atoms with Gasteiger partial charge in [0, 0.05) is 24.2 Å². The van der Waals surface area contributed by atoms with Crippen LogP contribution >= 0.6 is 0 Å². The number of piperidine rings is 1. The van der Waals surface area contributed by atoms with Gasteiger partial charge in [-0.15, -0.1) is 0 Å². The first-order valence-electron chi connectivity index (χ1n) is 10.0. The highest BCUT2D eigenvalue weighted by Gasteiger charge is 2.29. The molecular formula is C21H24N4O4S. The monoisotopic (exact) mass is 428 g/mol. The normalized spacial score (nSPS) is 15.2. The Hall–Kier alpha value is -2.91. The van der Waals surface area contributed by atoms with Gasteiger partial charge in [-0.05, 0) is 44.0 Å². The van der Waals surface area contributed by atoms with Crippen molar-refractivity contribution in [2.75, 3.05) is 25.0 Å². The standard InChI is InChI=1S/C21H24N4O4S/c1-2-29-18-11-10-15(14-19(18)30(27,28)25-12-6-3-7-13-25)22-21(26)20-16-8-4-5-9-17(16)23-24-20/h4-5,8-11,14H,2-3,6-7,12-13H2,1H3,(H,22,26)(H,23,24). The number of aromatic nitrogens is 2. The number of hydrogen-bond donors (Lipinski definition) is 2. The Kier molecular flexibility index (Phi) is 5.74. The van der Waals surface area contributed by atoms with E-state index in [2.05, 4.69) is 15.5 Å². The number of carbonyl (C=O) groups excluding carboxylic acids is 1. The van der Waals surface area contributed by atoms with Crippen LogP contribution in [-0.2, 0) is 10.0 Å². The van der Waals surface area contributed by atoms with Gasteiger partial charge >= 0.3 is 0 Å². The zero-order chi connectivity index (χ0) is 21.1. The van der Waals surface area contributed by atoms with Crippen LogP contribution in [0.1, 0.15) is 36.7 Å². The lowest BCUT2D eigenvalue weighted by Crippen LogP contribution is -2.35. The highest BCUT2D eigenvalue weighted by molar-refractivity contribution is 7.89. The van der Waals surface area contributed by atoms with E-state index in [4.69, 9.17) is 4.74 Å². The highest BCUT2D eigenvalue weighted by atomic mass is 32.2. The summed E-state index contributed by atoms with van der Waals surface area (Å²) in [6, 6.07) is 12.0. The van der Waals surface area contributed by atoms with Crippen LogP contribution in [0, 0.1) is 0 Å². The number of carbonyl (C=O) groups is 1. The lowest BCUT2D eigenvalue weighted by molar-refractivity contribution is 0.102. The Morgan fingerprint density at radius 3 is 2.70 bits per heavy atom. The average molecular weight is 429 g/mol. The molecule has 0 atom stereocenters. The highest BCUT2D eigenvalue weighted by Crippen LogP contribution is 2.31. The van der Waals surface area contributed by atoms with Crippen molar-refractivity contribution in [1.82, 2.24) is 14.5 Å². The van der Waals surface area contributed by atoms with Gasteiger partial charge in [-0.1, -0.05) is 24.6 Å². The lowest BCUT2D eigenvalue weighted by atomic mass is 10.2. The summed E-state index contributed by atoms with van der Waals surface area (Å²) in [5.74, 6) is -0.135. The molecule has 2 heterocycles. The third-order valence-electron chi connectivity index (χ3n) is 5.12. The zero-order valence-electron chi connectivity index (χ0n) is 16.7. The van der Waals surface area contributed by atoms with E-state index >= 15 is 0 Å². The summed E-state index contributed by atoms with van der Waals surface area (Å²) in [6.45, 7) is 3.12. The Morgan fingerprint density at radius 1 is 1.17 bits per heavy atom. The summed E-state index contributed by atoms with van der Waals surface area (Å²) < 4.78 is 33.5. The van der Waals surface area contributed by atoms with Gasteiger partial charge in [0.1, 0.15) is 10.6 Å². The SMILES string of the molecule is CCOc1ccc(NC(=O)c2n[nH]c3ccccc23)cc1S(=O)(=O)N1CCCCC1. The Balaban J connectivity index is 1.66. The van der Waals surface area contributed by atoms with Crippen LogP contribution < -0.4 is 10.1 Å². The fraction of sp³-hybridized carbons (Fsp3) is 0.333. The number of rotatable bonds is 6. The van der Waals surface area contributed by atoms with Gasteiger partial charge in [0.2, 0.25) is 10.0 Å². The smallest absolute Gasteiger partial charge is 0.276 e. The molecular weight excluding hydrogens is 404 g/mol. The number of hydrogen-bond acceptors (Lipinski definition) is 5. The van der Waals surface area contributed by atoms with Crippen LogP contribution in [0.5, 0.6) is 5.75 Å². The number of amides is 1. The second kappa shape index (κ2) is 8.45. The van der Waals surface area contributed by atoms with Crippen molar-refractivity contribution in [2.45, 2.75) is 31.1 Å². The van der Waals surface area contributed by atoms with Gasteiger partial charge in [-0.25, -0.2) is 8.42 Å². The predicted molar refractivity (Wildman–Crippen MR) is 114 cm³/mol. The minimum atomic E-state index is -3.73. The zero-order valence-corrected chi connectivity index (χ0v) is 17.5. The number of anilines is 1. The maximum atomic E-state index is 13.2. The third-order valence-corrected chi connectivity index (χ3v) is 7.04. The van der Waals surface area contributed by atoms with Crippen LogP contribution in [-0.4, -0.2) is 48.5 Å². The molecule has 2 aromatic carbocycles. The third kappa shape index (κ3) is 3.90. The molecule has 0 bridgehead atoms. The number of aromatic amines is 1. The molecule has 2 N–H and O–H groups in total. The molecule has 3 aromatic rings. The number of H-pyrrole nitrogens is 1. The second-order valence-corrected chi connectivity index (χ2v) is 9.04. The molecule has 1 aliphatic heterocycles. The summed E-state index contributed by atoms with van der Waals surface area (Å²) >= 11 is 0. The summed E-state index contributed by atoms with van der Waals surface area (Å²) in [7, 11) is -3.73. The molecule has 0 unspecified atom stereocenters. The molecule has 1 aromatic heterocycles. The summed E-state index contributed by atoms with van der Waals surface area (Å²) in [4.78, 5) is 12.8. The van der Waals surface area contributed by atoms with Gasteiger partial charge in [-0.3, -0.25) is 9.89 Å². The number of sulfonamides is 1. The molecule has 1 fully saturated rings. The number of fused-ring (bicyclic) bond motifs is 1. The first-order chi connectivity index (χ1) is 14.5. The largest absolute Gasteiger partial charge is 0.492 e. The van der Waals surface area contributed by atoms with E-state index in [1.165, 1.54) is 10.4 Å². The number of benzene rings is 2. The van der Waals surface area contributed by atoms with Crippen molar-refractivity contribution < 1.29 is 17.9 Å². The average Bonchev–Trinajstić information content (AvgIpc) is 3.20. The van der Waals surface area contributed by atoms with Gasteiger partial charge in [0.05, 0.1) is 12.1 Å². The predicted octanol–water partition coefficient (Wildman–Crippen LogP) is 3.39. The molecule has 0 radical (unpaired) electrons. The molecule has 0 aliphatic carbocycles. The van der Waals surface area contributed by atoms with Crippen molar-refractivity contribution in [3.05, 3.63) is 48.2 Å². The fourth-order valence-electron chi connectivity index (χ4n) is 3.63. The minimum absolute atomic E-state index is 0.0657. The van der Waals surface area contributed by atoms with E-state index in [1.54, 1.807) is 25.1 Å². The van der Waals surface area contributed by atoms with Crippen LogP contribution in [0.3, 0.4) is 0 Å². The van der Waals surface area contributed by atoms with E-state index < -0.39 is 15.9 Å². The molecule has 9 heteroatoms. The molecule has 1 saturated heterocycles. The topological polar surface area (TPSA) is 104 Å². The fourth-order valence-corrected chi connectivity index (χ4v) is 5.31. The summed E-state index contributed by atoms with van der Waals surface area (Å²) in [5, 5.41) is 10.4. The van der Waals surface area contributed by atoms with Crippen LogP contribution in [0.4, 0.5) is 5.69 Å². The van der Waals surface area contributed by atoms with Crippen LogP contribution in [0.25, 0.3) is 10.9 Å². The Bertz CT molecular complexity index is 1170. The number of nitrogens with one attached hydrogen (secondary N) is 2. The molecule has 4 rings (SSSR count). The van der Waals surface area contributed by atoms with Crippen LogP contribution in [0.15, 0.2) is 47.4 Å². The second-order valence-electron chi connectivity index (χ2n) is 7.13. The van der Waals surface area contributed by atoms with Crippen LogP contribution in [0.2, 0.25) is 0 Å².